The fourth-order valence-electron chi connectivity index (χ4n) is 2.93. The number of halogens is 1. The molecule has 0 spiro atoms. The van der Waals surface area contributed by atoms with Crippen LogP contribution in [0.2, 0.25) is 0 Å². The molecule has 0 fully saturated rings. The van der Waals surface area contributed by atoms with Crippen LogP contribution in [0, 0.1) is 6.92 Å². The van der Waals surface area contributed by atoms with E-state index < -0.39 is 0 Å². The van der Waals surface area contributed by atoms with Crippen molar-refractivity contribution in [2.24, 2.45) is 0 Å². The summed E-state index contributed by atoms with van der Waals surface area (Å²) in [6, 6.07) is 20.1. The molecule has 0 aliphatic rings. The molecule has 0 atom stereocenters. The largest absolute Gasteiger partial charge is 0.497 e. The van der Waals surface area contributed by atoms with Crippen molar-refractivity contribution in [1.82, 2.24) is 0 Å². The predicted octanol–water partition coefficient (Wildman–Crippen LogP) is 6.36. The Hall–Kier alpha value is -2.66. The van der Waals surface area contributed by atoms with Gasteiger partial charge in [0.2, 0.25) is 0 Å². The van der Waals surface area contributed by atoms with Crippen molar-refractivity contribution in [3.63, 3.8) is 0 Å². The Kier molecular flexibility index (Phi) is 7.42. The Morgan fingerprint density at radius 1 is 0.897 bits per heavy atom. The van der Waals surface area contributed by atoms with E-state index in [9.17, 15) is 0 Å². The normalized spacial score (nSPS) is 10.5. The standard InChI is InChI=1S/C24H26BrNO3/c1-4-28-23-13-19(15-26-20-9-11-21(27-3)12-10-20)22(25)14-24(23)29-16-18-8-6-5-7-17(18)2/h5-14,26H,4,15-16H2,1-3H3. The van der Waals surface area contributed by atoms with Crippen LogP contribution in [0.1, 0.15) is 23.6 Å². The zero-order chi connectivity index (χ0) is 20.6. The van der Waals surface area contributed by atoms with Gasteiger partial charge in [-0.05, 0) is 66.9 Å². The van der Waals surface area contributed by atoms with E-state index in [1.54, 1.807) is 7.11 Å². The molecule has 0 aliphatic carbocycles. The van der Waals surface area contributed by atoms with Gasteiger partial charge in [-0.2, -0.15) is 0 Å². The number of methoxy groups -OCH3 is 1. The van der Waals surface area contributed by atoms with Gasteiger partial charge >= 0.3 is 0 Å². The Bertz CT molecular complexity index is 941. The molecule has 0 heterocycles. The summed E-state index contributed by atoms with van der Waals surface area (Å²) < 4.78 is 18.1. The van der Waals surface area contributed by atoms with E-state index in [0.717, 1.165) is 38.5 Å². The summed E-state index contributed by atoms with van der Waals surface area (Å²) in [7, 11) is 1.66. The molecule has 0 bridgehead atoms. The zero-order valence-electron chi connectivity index (χ0n) is 17.0. The van der Waals surface area contributed by atoms with Crippen molar-refractivity contribution in [1.29, 1.82) is 0 Å². The molecule has 0 amide bonds. The minimum absolute atomic E-state index is 0.503. The van der Waals surface area contributed by atoms with Gasteiger partial charge in [0.1, 0.15) is 12.4 Å². The van der Waals surface area contributed by atoms with Crippen LogP contribution < -0.4 is 19.5 Å². The molecular weight excluding hydrogens is 430 g/mol. The SMILES string of the molecule is CCOc1cc(CNc2ccc(OC)cc2)c(Br)cc1OCc1ccccc1C. The summed E-state index contributed by atoms with van der Waals surface area (Å²) in [5, 5.41) is 3.43. The van der Waals surface area contributed by atoms with Gasteiger partial charge in [0.25, 0.3) is 0 Å². The maximum Gasteiger partial charge on any atom is 0.162 e. The monoisotopic (exact) mass is 455 g/mol. The van der Waals surface area contributed by atoms with Crippen molar-refractivity contribution < 1.29 is 14.2 Å². The third-order valence-corrected chi connectivity index (χ3v) is 5.37. The first kappa shape index (κ1) is 21.1. The summed E-state index contributed by atoms with van der Waals surface area (Å²) in [4.78, 5) is 0. The van der Waals surface area contributed by atoms with Crippen LogP contribution in [0.4, 0.5) is 5.69 Å². The molecule has 3 aromatic rings. The van der Waals surface area contributed by atoms with Crippen molar-refractivity contribution in [3.05, 3.63) is 81.8 Å². The summed E-state index contributed by atoms with van der Waals surface area (Å²) in [6.45, 7) is 5.80. The molecule has 0 aliphatic heterocycles. The first-order valence-corrected chi connectivity index (χ1v) is 10.4. The molecule has 3 rings (SSSR count). The van der Waals surface area contributed by atoms with E-state index in [2.05, 4.69) is 40.3 Å². The Balaban J connectivity index is 1.73. The number of rotatable bonds is 9. The van der Waals surface area contributed by atoms with Crippen molar-refractivity contribution in [2.75, 3.05) is 19.0 Å². The highest BCUT2D eigenvalue weighted by atomic mass is 79.9. The quantitative estimate of drug-likeness (QED) is 0.407. The second kappa shape index (κ2) is 10.2. The molecule has 0 radical (unpaired) electrons. The van der Waals surface area contributed by atoms with Gasteiger partial charge in [-0.1, -0.05) is 40.2 Å². The molecule has 0 unspecified atom stereocenters. The van der Waals surface area contributed by atoms with E-state index in [1.807, 2.05) is 55.5 Å². The van der Waals surface area contributed by atoms with E-state index in [4.69, 9.17) is 14.2 Å². The molecule has 4 nitrogen and oxygen atoms in total. The van der Waals surface area contributed by atoms with Crippen molar-refractivity contribution in [3.8, 4) is 17.2 Å². The molecular formula is C24H26BrNO3. The summed E-state index contributed by atoms with van der Waals surface area (Å²) in [6.07, 6.45) is 0. The van der Waals surface area contributed by atoms with Gasteiger partial charge in [0, 0.05) is 16.7 Å². The molecule has 152 valence electrons. The Morgan fingerprint density at radius 2 is 1.62 bits per heavy atom. The minimum atomic E-state index is 0.503. The van der Waals surface area contributed by atoms with Crippen LogP contribution in [0.5, 0.6) is 17.2 Å². The number of ether oxygens (including phenoxy) is 3. The summed E-state index contributed by atoms with van der Waals surface area (Å²) in [5.74, 6) is 2.32. The average Bonchev–Trinajstić information content (AvgIpc) is 2.74. The van der Waals surface area contributed by atoms with Crippen LogP contribution in [0.15, 0.2) is 65.1 Å². The van der Waals surface area contributed by atoms with Gasteiger partial charge < -0.3 is 19.5 Å². The highest BCUT2D eigenvalue weighted by Gasteiger charge is 2.12. The minimum Gasteiger partial charge on any atom is -0.497 e. The fraction of sp³-hybridized carbons (Fsp3) is 0.250. The van der Waals surface area contributed by atoms with Gasteiger partial charge in [-0.25, -0.2) is 0 Å². The second-order valence-corrected chi connectivity index (χ2v) is 7.47. The van der Waals surface area contributed by atoms with Gasteiger partial charge in [-0.3, -0.25) is 0 Å². The average molecular weight is 456 g/mol. The van der Waals surface area contributed by atoms with E-state index in [0.29, 0.717) is 19.8 Å². The number of hydrogen-bond donors (Lipinski definition) is 1. The topological polar surface area (TPSA) is 39.7 Å². The van der Waals surface area contributed by atoms with Crippen molar-refractivity contribution in [2.45, 2.75) is 27.0 Å². The van der Waals surface area contributed by atoms with Crippen LogP contribution in [0.25, 0.3) is 0 Å². The number of nitrogens with one attached hydrogen (secondary N) is 1. The highest BCUT2D eigenvalue weighted by Crippen LogP contribution is 2.35. The Labute approximate surface area is 180 Å². The summed E-state index contributed by atoms with van der Waals surface area (Å²) >= 11 is 3.67. The second-order valence-electron chi connectivity index (χ2n) is 6.62. The lowest BCUT2D eigenvalue weighted by Crippen LogP contribution is -2.04. The zero-order valence-corrected chi connectivity index (χ0v) is 18.6. The maximum atomic E-state index is 6.09. The number of benzene rings is 3. The fourth-order valence-corrected chi connectivity index (χ4v) is 3.39. The van der Waals surface area contributed by atoms with E-state index in [-0.39, 0.29) is 0 Å². The van der Waals surface area contributed by atoms with Crippen LogP contribution in [-0.2, 0) is 13.2 Å². The number of aryl methyl sites for hydroxylation is 1. The third-order valence-electron chi connectivity index (χ3n) is 4.63. The first-order valence-electron chi connectivity index (χ1n) is 9.61. The van der Waals surface area contributed by atoms with Crippen LogP contribution in [0.3, 0.4) is 0 Å². The molecule has 0 saturated heterocycles. The van der Waals surface area contributed by atoms with Crippen LogP contribution >= 0.6 is 15.9 Å². The first-order chi connectivity index (χ1) is 14.1. The molecule has 0 aromatic heterocycles. The lowest BCUT2D eigenvalue weighted by Gasteiger charge is -2.16. The molecule has 3 aromatic carbocycles. The molecule has 5 heteroatoms. The number of hydrogen-bond acceptors (Lipinski definition) is 4. The predicted molar refractivity (Wildman–Crippen MR) is 121 cm³/mol. The molecule has 0 saturated carbocycles. The molecule has 1 N–H and O–H groups in total. The lowest BCUT2D eigenvalue weighted by atomic mass is 10.1. The van der Waals surface area contributed by atoms with Gasteiger partial charge in [0.15, 0.2) is 11.5 Å². The number of anilines is 1. The van der Waals surface area contributed by atoms with Crippen LogP contribution in [-0.4, -0.2) is 13.7 Å². The lowest BCUT2D eigenvalue weighted by molar-refractivity contribution is 0.268. The summed E-state index contributed by atoms with van der Waals surface area (Å²) in [5.41, 5.74) is 4.49. The highest BCUT2D eigenvalue weighted by molar-refractivity contribution is 9.10. The van der Waals surface area contributed by atoms with E-state index in [1.165, 1.54) is 5.56 Å². The Morgan fingerprint density at radius 3 is 2.31 bits per heavy atom. The van der Waals surface area contributed by atoms with Gasteiger partial charge in [-0.15, -0.1) is 0 Å². The van der Waals surface area contributed by atoms with E-state index >= 15 is 0 Å². The third kappa shape index (κ3) is 5.67. The van der Waals surface area contributed by atoms with Crippen molar-refractivity contribution >= 4 is 21.6 Å². The molecule has 29 heavy (non-hydrogen) atoms. The van der Waals surface area contributed by atoms with Gasteiger partial charge in [0.05, 0.1) is 13.7 Å². The maximum absolute atomic E-state index is 6.09. The smallest absolute Gasteiger partial charge is 0.162 e.